The zero-order chi connectivity index (χ0) is 15.6. The van der Waals surface area contributed by atoms with Gasteiger partial charge in [0, 0.05) is 11.3 Å². The molecule has 0 spiro atoms. The number of benzene rings is 2. The summed E-state index contributed by atoms with van der Waals surface area (Å²) in [6, 6.07) is 7.57. The van der Waals surface area contributed by atoms with Crippen LogP contribution in [0.15, 0.2) is 36.4 Å². The van der Waals surface area contributed by atoms with Crippen LogP contribution in [-0.4, -0.2) is 17.0 Å². The fourth-order valence-electron chi connectivity index (χ4n) is 1.61. The minimum absolute atomic E-state index is 0.0605. The summed E-state index contributed by atoms with van der Waals surface area (Å²) in [6.45, 7) is 0. The first-order valence-corrected chi connectivity index (χ1v) is 6.43. The molecule has 2 aromatic carbocycles. The van der Waals surface area contributed by atoms with Gasteiger partial charge >= 0.3 is 5.97 Å². The number of amides is 1. The maximum atomic E-state index is 13.0. The predicted molar refractivity (Wildman–Crippen MR) is 77.8 cm³/mol. The molecule has 0 heterocycles. The van der Waals surface area contributed by atoms with E-state index in [-0.39, 0.29) is 26.9 Å². The SMILES string of the molecule is O=C(Nc1ccc(Cl)c(C(=O)O)c1)c1ccc(F)c(Cl)c1. The van der Waals surface area contributed by atoms with E-state index in [4.69, 9.17) is 28.3 Å². The van der Waals surface area contributed by atoms with Gasteiger partial charge in [0.05, 0.1) is 15.6 Å². The van der Waals surface area contributed by atoms with Gasteiger partial charge in [0.2, 0.25) is 0 Å². The van der Waals surface area contributed by atoms with Crippen molar-refractivity contribution in [1.82, 2.24) is 0 Å². The average molecular weight is 328 g/mol. The van der Waals surface area contributed by atoms with Crippen LogP contribution in [-0.2, 0) is 0 Å². The molecule has 0 aromatic heterocycles. The van der Waals surface area contributed by atoms with Crippen molar-refractivity contribution in [2.45, 2.75) is 0 Å². The van der Waals surface area contributed by atoms with Crippen molar-refractivity contribution in [3.8, 4) is 0 Å². The van der Waals surface area contributed by atoms with Gasteiger partial charge in [-0.25, -0.2) is 9.18 Å². The maximum Gasteiger partial charge on any atom is 0.337 e. The molecule has 1 amide bonds. The molecule has 0 unspecified atom stereocenters. The van der Waals surface area contributed by atoms with E-state index < -0.39 is 17.7 Å². The third kappa shape index (κ3) is 3.51. The number of carboxylic acids is 1. The van der Waals surface area contributed by atoms with Crippen molar-refractivity contribution in [3.63, 3.8) is 0 Å². The second-order valence-corrected chi connectivity index (χ2v) is 4.90. The highest BCUT2D eigenvalue weighted by atomic mass is 35.5. The van der Waals surface area contributed by atoms with Crippen molar-refractivity contribution >= 4 is 40.8 Å². The van der Waals surface area contributed by atoms with E-state index in [1.54, 1.807) is 0 Å². The Bertz CT molecular complexity index is 734. The third-order valence-electron chi connectivity index (χ3n) is 2.64. The molecule has 4 nitrogen and oxygen atoms in total. The molecule has 0 saturated carbocycles. The number of carbonyl (C=O) groups excluding carboxylic acids is 1. The lowest BCUT2D eigenvalue weighted by molar-refractivity contribution is 0.0696. The van der Waals surface area contributed by atoms with Crippen molar-refractivity contribution in [1.29, 1.82) is 0 Å². The highest BCUT2D eigenvalue weighted by Gasteiger charge is 2.12. The molecule has 7 heteroatoms. The van der Waals surface area contributed by atoms with Crippen molar-refractivity contribution < 1.29 is 19.1 Å². The number of rotatable bonds is 3. The standard InChI is InChI=1S/C14H8Cl2FNO3/c15-10-3-2-8(6-9(10)14(20)21)18-13(19)7-1-4-12(17)11(16)5-7/h1-6H,(H,18,19)(H,20,21). The lowest BCUT2D eigenvalue weighted by Crippen LogP contribution is -2.12. The Morgan fingerprint density at radius 3 is 2.38 bits per heavy atom. The Morgan fingerprint density at radius 1 is 1.05 bits per heavy atom. The van der Waals surface area contributed by atoms with Gasteiger partial charge in [-0.1, -0.05) is 23.2 Å². The number of aromatic carboxylic acids is 1. The maximum absolute atomic E-state index is 13.0. The minimum Gasteiger partial charge on any atom is -0.478 e. The van der Waals surface area contributed by atoms with Crippen LogP contribution in [0, 0.1) is 5.82 Å². The zero-order valence-corrected chi connectivity index (χ0v) is 11.9. The van der Waals surface area contributed by atoms with Crippen molar-refractivity contribution in [2.24, 2.45) is 0 Å². The van der Waals surface area contributed by atoms with Crippen LogP contribution >= 0.6 is 23.2 Å². The number of hydrogen-bond acceptors (Lipinski definition) is 2. The summed E-state index contributed by atoms with van der Waals surface area (Å²) in [7, 11) is 0. The molecule has 0 aliphatic heterocycles. The van der Waals surface area contributed by atoms with E-state index in [9.17, 15) is 14.0 Å². The molecular formula is C14H8Cl2FNO3. The number of carboxylic acid groups (broad SMARTS) is 1. The molecular weight excluding hydrogens is 320 g/mol. The van der Waals surface area contributed by atoms with E-state index in [1.165, 1.54) is 30.3 Å². The molecule has 0 atom stereocenters. The van der Waals surface area contributed by atoms with Crippen molar-refractivity contribution in [2.75, 3.05) is 5.32 Å². The largest absolute Gasteiger partial charge is 0.478 e. The van der Waals surface area contributed by atoms with Crippen LogP contribution in [0.2, 0.25) is 10.0 Å². The summed E-state index contributed by atoms with van der Waals surface area (Å²) in [5.74, 6) is -2.38. The number of halogens is 3. The molecule has 0 bridgehead atoms. The first-order valence-electron chi connectivity index (χ1n) is 5.67. The molecule has 0 aliphatic rings. The quantitative estimate of drug-likeness (QED) is 0.892. The van der Waals surface area contributed by atoms with Gasteiger partial charge in [-0.3, -0.25) is 4.79 Å². The van der Waals surface area contributed by atoms with E-state index >= 15 is 0 Å². The Morgan fingerprint density at radius 2 is 1.76 bits per heavy atom. The minimum atomic E-state index is -1.21. The first kappa shape index (κ1) is 15.3. The molecule has 2 N–H and O–H groups in total. The van der Waals surface area contributed by atoms with Gasteiger partial charge < -0.3 is 10.4 Å². The topological polar surface area (TPSA) is 66.4 Å². The monoisotopic (exact) mass is 327 g/mol. The molecule has 2 rings (SSSR count). The summed E-state index contributed by atoms with van der Waals surface area (Å²) in [5.41, 5.74) is 0.266. The number of nitrogens with one attached hydrogen (secondary N) is 1. The van der Waals surface area contributed by atoms with Gasteiger partial charge in [0.1, 0.15) is 5.82 Å². The third-order valence-corrected chi connectivity index (χ3v) is 3.26. The Hall–Kier alpha value is -2.11. The molecule has 0 saturated heterocycles. The van der Waals surface area contributed by atoms with Gasteiger partial charge in [0.25, 0.3) is 5.91 Å². The second-order valence-electron chi connectivity index (χ2n) is 4.08. The van der Waals surface area contributed by atoms with Crippen LogP contribution in [0.25, 0.3) is 0 Å². The van der Waals surface area contributed by atoms with Crippen LogP contribution < -0.4 is 5.32 Å². The highest BCUT2D eigenvalue weighted by molar-refractivity contribution is 6.33. The lowest BCUT2D eigenvalue weighted by Gasteiger charge is -2.07. The van der Waals surface area contributed by atoms with Gasteiger partial charge in [-0.2, -0.15) is 0 Å². The van der Waals surface area contributed by atoms with E-state index in [2.05, 4.69) is 5.32 Å². The van der Waals surface area contributed by atoms with Crippen LogP contribution in [0.1, 0.15) is 20.7 Å². The fraction of sp³-hybridized carbons (Fsp3) is 0. The molecule has 0 fully saturated rings. The van der Waals surface area contributed by atoms with Gasteiger partial charge in [-0.15, -0.1) is 0 Å². The summed E-state index contributed by atoms with van der Waals surface area (Å²) in [4.78, 5) is 22.9. The molecule has 21 heavy (non-hydrogen) atoms. The van der Waals surface area contributed by atoms with Gasteiger partial charge in [-0.05, 0) is 36.4 Å². The van der Waals surface area contributed by atoms with Gasteiger partial charge in [0.15, 0.2) is 0 Å². The van der Waals surface area contributed by atoms with E-state index in [0.717, 1.165) is 6.07 Å². The average Bonchev–Trinajstić information content (AvgIpc) is 2.43. The zero-order valence-electron chi connectivity index (χ0n) is 10.4. The summed E-state index contributed by atoms with van der Waals surface area (Å²) < 4.78 is 13.0. The molecule has 2 aromatic rings. The van der Waals surface area contributed by atoms with E-state index in [0.29, 0.717) is 0 Å². The van der Waals surface area contributed by atoms with Crippen LogP contribution in [0.5, 0.6) is 0 Å². The fourth-order valence-corrected chi connectivity index (χ4v) is 1.99. The first-order chi connectivity index (χ1) is 9.88. The van der Waals surface area contributed by atoms with Crippen LogP contribution in [0.4, 0.5) is 10.1 Å². The molecule has 108 valence electrons. The summed E-state index contributed by atoms with van der Waals surface area (Å²) >= 11 is 11.3. The van der Waals surface area contributed by atoms with E-state index in [1.807, 2.05) is 0 Å². The smallest absolute Gasteiger partial charge is 0.337 e. The number of carbonyl (C=O) groups is 2. The highest BCUT2D eigenvalue weighted by Crippen LogP contribution is 2.22. The molecule has 0 aliphatic carbocycles. The summed E-state index contributed by atoms with van der Waals surface area (Å²) in [5, 5.41) is 11.3. The lowest BCUT2D eigenvalue weighted by atomic mass is 10.1. The number of anilines is 1. The Balaban J connectivity index is 2.25. The summed E-state index contributed by atoms with van der Waals surface area (Å²) in [6.07, 6.45) is 0. The second kappa shape index (κ2) is 6.11. The Kier molecular flexibility index (Phi) is 4.45. The predicted octanol–water partition coefficient (Wildman–Crippen LogP) is 4.08. The number of hydrogen-bond donors (Lipinski definition) is 2. The molecule has 0 radical (unpaired) electrons. The Labute approximate surface area is 129 Å². The van der Waals surface area contributed by atoms with Crippen LogP contribution in [0.3, 0.4) is 0 Å². The van der Waals surface area contributed by atoms with Crippen molar-refractivity contribution in [3.05, 3.63) is 63.4 Å². The normalized spacial score (nSPS) is 10.2.